The van der Waals surface area contributed by atoms with E-state index in [9.17, 15) is 4.79 Å². The molecule has 7 heteroatoms. The molecular weight excluding hydrogens is 356 g/mol. The Labute approximate surface area is 168 Å². The predicted octanol–water partition coefficient (Wildman–Crippen LogP) is 3.03. The summed E-state index contributed by atoms with van der Waals surface area (Å²) in [5.74, 6) is 0.436. The van der Waals surface area contributed by atoms with E-state index < -0.39 is 0 Å². The Bertz CT molecular complexity index is 662. The summed E-state index contributed by atoms with van der Waals surface area (Å²) in [5.41, 5.74) is 8.12. The molecule has 0 bridgehead atoms. The summed E-state index contributed by atoms with van der Waals surface area (Å²) in [4.78, 5) is 17.9. The van der Waals surface area contributed by atoms with Crippen molar-refractivity contribution in [3.05, 3.63) is 35.4 Å². The minimum absolute atomic E-state index is 0.161. The molecule has 1 heterocycles. The fourth-order valence-electron chi connectivity index (χ4n) is 2.97. The van der Waals surface area contributed by atoms with Gasteiger partial charge in [-0.05, 0) is 51.7 Å². The van der Waals surface area contributed by atoms with E-state index in [0.29, 0.717) is 38.8 Å². The van der Waals surface area contributed by atoms with Crippen LogP contribution < -0.4 is 11.1 Å². The van der Waals surface area contributed by atoms with Gasteiger partial charge in [-0.1, -0.05) is 24.3 Å². The molecule has 0 atom stereocenters. The van der Waals surface area contributed by atoms with Gasteiger partial charge in [-0.15, -0.1) is 0 Å². The molecule has 0 spiro atoms. The quantitative estimate of drug-likeness (QED) is 0.576. The number of nitrogens with zero attached hydrogens (tertiary/aromatic N) is 2. The fourth-order valence-corrected chi connectivity index (χ4v) is 2.97. The van der Waals surface area contributed by atoms with Gasteiger partial charge in [0.1, 0.15) is 0 Å². The molecule has 1 aromatic rings. The number of benzene rings is 1. The zero-order valence-electron chi connectivity index (χ0n) is 17.5. The summed E-state index contributed by atoms with van der Waals surface area (Å²) in [5, 5.41) is 3.26. The van der Waals surface area contributed by atoms with Crippen LogP contribution in [0.15, 0.2) is 29.3 Å². The van der Waals surface area contributed by atoms with E-state index in [2.05, 4.69) is 22.4 Å². The van der Waals surface area contributed by atoms with E-state index in [0.717, 1.165) is 24.0 Å². The minimum atomic E-state index is -0.238. The summed E-state index contributed by atoms with van der Waals surface area (Å²) in [7, 11) is 0. The van der Waals surface area contributed by atoms with Gasteiger partial charge in [0, 0.05) is 19.1 Å². The third-order valence-corrected chi connectivity index (χ3v) is 4.47. The van der Waals surface area contributed by atoms with Gasteiger partial charge >= 0.3 is 6.09 Å². The first-order valence-electron chi connectivity index (χ1n) is 9.97. The van der Waals surface area contributed by atoms with Crippen molar-refractivity contribution < 1.29 is 14.3 Å². The summed E-state index contributed by atoms with van der Waals surface area (Å²) >= 11 is 0. The summed E-state index contributed by atoms with van der Waals surface area (Å²) in [6.45, 7) is 10.8. The fraction of sp³-hybridized carbons (Fsp3) is 0.619. The Morgan fingerprint density at radius 1 is 1.29 bits per heavy atom. The molecule has 0 aliphatic carbocycles. The third kappa shape index (κ3) is 7.76. The first-order chi connectivity index (χ1) is 13.3. The monoisotopic (exact) mass is 390 g/mol. The van der Waals surface area contributed by atoms with Gasteiger partial charge in [0.25, 0.3) is 0 Å². The Balaban J connectivity index is 1.79. The lowest BCUT2D eigenvalue weighted by molar-refractivity contribution is -0.0149. The number of aliphatic imine (C=N–C) groups is 1. The summed E-state index contributed by atoms with van der Waals surface area (Å²) in [6.07, 6.45) is 1.42. The third-order valence-electron chi connectivity index (χ3n) is 4.47. The van der Waals surface area contributed by atoms with Gasteiger partial charge in [0.05, 0.1) is 25.4 Å². The Morgan fingerprint density at radius 2 is 1.96 bits per heavy atom. The van der Waals surface area contributed by atoms with Crippen molar-refractivity contribution in [1.82, 2.24) is 10.2 Å². The second-order valence-electron chi connectivity index (χ2n) is 8.03. The van der Waals surface area contributed by atoms with Gasteiger partial charge in [-0.3, -0.25) is 0 Å². The number of nitrogens with two attached hydrogens (primary N) is 1. The maximum atomic E-state index is 11.7. The lowest BCUT2D eigenvalue weighted by Crippen LogP contribution is -2.48. The second-order valence-corrected chi connectivity index (χ2v) is 8.03. The van der Waals surface area contributed by atoms with Gasteiger partial charge in [0.15, 0.2) is 5.96 Å². The van der Waals surface area contributed by atoms with Crippen LogP contribution in [0.4, 0.5) is 4.79 Å². The number of carbonyl (C=O) groups is 1. The maximum absolute atomic E-state index is 11.7. The van der Waals surface area contributed by atoms with Gasteiger partial charge in [-0.2, -0.15) is 0 Å². The maximum Gasteiger partial charge on any atom is 0.409 e. The van der Waals surface area contributed by atoms with Gasteiger partial charge < -0.3 is 25.4 Å². The number of hydrogen-bond donors (Lipinski definition) is 2. The SMILES string of the molecule is CCOC(=O)N1CCC(NC(N)=NCc2cccc(COC(C)(C)C)c2)CC1. The van der Waals surface area contributed by atoms with Crippen LogP contribution >= 0.6 is 0 Å². The van der Waals surface area contributed by atoms with Crippen LogP contribution in [0.3, 0.4) is 0 Å². The average Bonchev–Trinajstić information content (AvgIpc) is 2.65. The molecule has 3 N–H and O–H groups in total. The van der Waals surface area contributed by atoms with Crippen molar-refractivity contribution >= 4 is 12.1 Å². The number of likely N-dealkylation sites (tertiary alicyclic amines) is 1. The predicted molar refractivity (Wildman–Crippen MR) is 111 cm³/mol. The van der Waals surface area contributed by atoms with E-state index in [1.807, 2.05) is 39.8 Å². The van der Waals surface area contributed by atoms with Crippen molar-refractivity contribution in [2.24, 2.45) is 10.7 Å². The topological polar surface area (TPSA) is 89.2 Å². The summed E-state index contributed by atoms with van der Waals surface area (Å²) < 4.78 is 10.9. The number of ether oxygens (including phenoxy) is 2. The highest BCUT2D eigenvalue weighted by Gasteiger charge is 2.23. The molecule has 2 rings (SSSR count). The largest absolute Gasteiger partial charge is 0.450 e. The standard InChI is InChI=1S/C21H34N4O3/c1-5-27-20(26)25-11-9-18(10-12-25)24-19(22)23-14-16-7-6-8-17(13-16)15-28-21(2,3)4/h6-8,13,18H,5,9-12,14-15H2,1-4H3,(H3,22,23,24). The smallest absolute Gasteiger partial charge is 0.409 e. The lowest BCUT2D eigenvalue weighted by Gasteiger charge is -2.31. The molecular formula is C21H34N4O3. The van der Waals surface area contributed by atoms with Crippen LogP contribution in [-0.4, -0.2) is 48.3 Å². The first-order valence-corrected chi connectivity index (χ1v) is 9.97. The number of guanidine groups is 1. The number of nitrogens with one attached hydrogen (secondary N) is 1. The Morgan fingerprint density at radius 3 is 2.61 bits per heavy atom. The first kappa shape index (κ1) is 22.0. The van der Waals surface area contributed by atoms with E-state index >= 15 is 0 Å². The van der Waals surface area contributed by atoms with Crippen LogP contribution in [0.25, 0.3) is 0 Å². The molecule has 7 nitrogen and oxygen atoms in total. The zero-order valence-corrected chi connectivity index (χ0v) is 17.5. The van der Waals surface area contributed by atoms with Crippen molar-refractivity contribution in [1.29, 1.82) is 0 Å². The molecule has 1 aromatic carbocycles. The molecule has 1 amide bonds. The molecule has 28 heavy (non-hydrogen) atoms. The number of amides is 1. The molecule has 1 aliphatic heterocycles. The highest BCUT2D eigenvalue weighted by atomic mass is 16.6. The highest BCUT2D eigenvalue weighted by Crippen LogP contribution is 2.14. The summed E-state index contributed by atoms with van der Waals surface area (Å²) in [6, 6.07) is 8.43. The van der Waals surface area contributed by atoms with Crippen molar-refractivity contribution in [3.63, 3.8) is 0 Å². The average molecular weight is 391 g/mol. The molecule has 1 aliphatic rings. The number of hydrogen-bond acceptors (Lipinski definition) is 4. The van der Waals surface area contributed by atoms with E-state index in [1.165, 1.54) is 0 Å². The Hall–Kier alpha value is -2.28. The van der Waals surface area contributed by atoms with Crippen LogP contribution in [0.1, 0.15) is 51.7 Å². The van der Waals surface area contributed by atoms with Crippen LogP contribution in [-0.2, 0) is 22.6 Å². The van der Waals surface area contributed by atoms with Crippen molar-refractivity contribution in [3.8, 4) is 0 Å². The molecule has 0 aromatic heterocycles. The molecule has 0 saturated carbocycles. The number of rotatable bonds is 6. The molecule has 1 fully saturated rings. The van der Waals surface area contributed by atoms with Gasteiger partial charge in [-0.25, -0.2) is 9.79 Å². The molecule has 1 saturated heterocycles. The molecule has 0 unspecified atom stereocenters. The lowest BCUT2D eigenvalue weighted by atomic mass is 10.1. The van der Waals surface area contributed by atoms with Crippen LogP contribution in [0, 0.1) is 0 Å². The zero-order chi connectivity index (χ0) is 20.6. The van der Waals surface area contributed by atoms with E-state index in [4.69, 9.17) is 15.2 Å². The second kappa shape index (κ2) is 10.3. The molecule has 156 valence electrons. The normalized spacial score (nSPS) is 16.1. The highest BCUT2D eigenvalue weighted by molar-refractivity contribution is 5.78. The van der Waals surface area contributed by atoms with E-state index in [1.54, 1.807) is 4.90 Å². The van der Waals surface area contributed by atoms with Crippen LogP contribution in [0.5, 0.6) is 0 Å². The van der Waals surface area contributed by atoms with Crippen LogP contribution in [0.2, 0.25) is 0 Å². The number of carbonyl (C=O) groups excluding carboxylic acids is 1. The number of piperidine rings is 1. The van der Waals surface area contributed by atoms with Crippen molar-refractivity contribution in [2.75, 3.05) is 19.7 Å². The minimum Gasteiger partial charge on any atom is -0.450 e. The van der Waals surface area contributed by atoms with Gasteiger partial charge in [0.2, 0.25) is 0 Å². The van der Waals surface area contributed by atoms with Crippen molar-refractivity contribution in [2.45, 2.75) is 65.3 Å². The Kier molecular flexibility index (Phi) is 8.11. The molecule has 0 radical (unpaired) electrons. The van der Waals surface area contributed by atoms with E-state index in [-0.39, 0.29) is 17.7 Å².